The topological polar surface area (TPSA) is 28.2 Å². The van der Waals surface area contributed by atoms with Crippen LogP contribution in [0.4, 0.5) is 5.82 Å². The number of rotatable bonds is 5. The Morgan fingerprint density at radius 1 is 1.05 bits per heavy atom. The second kappa shape index (κ2) is 6.53. The number of anilines is 1. The van der Waals surface area contributed by atoms with E-state index in [0.717, 1.165) is 24.6 Å². The highest BCUT2D eigenvalue weighted by molar-refractivity contribution is 5.43. The van der Waals surface area contributed by atoms with Gasteiger partial charge in [-0.05, 0) is 44.2 Å². The summed E-state index contributed by atoms with van der Waals surface area (Å²) in [6.07, 6.45) is 0. The first-order valence-corrected chi connectivity index (χ1v) is 6.97. The lowest BCUT2D eigenvalue weighted by Gasteiger charge is -2.20. The molecule has 0 saturated heterocycles. The lowest BCUT2D eigenvalue weighted by molar-refractivity contribution is 0.808. The number of nitrogens with zero attached hydrogens (tertiary/aromatic N) is 2. The van der Waals surface area contributed by atoms with E-state index < -0.39 is 0 Å². The van der Waals surface area contributed by atoms with Crippen LogP contribution in [-0.4, -0.2) is 19.1 Å². The number of hydrogen-bond acceptors (Lipinski definition) is 3. The summed E-state index contributed by atoms with van der Waals surface area (Å²) in [5.41, 5.74) is 4.92. The minimum atomic E-state index is 0.870. The van der Waals surface area contributed by atoms with E-state index in [2.05, 4.69) is 65.6 Å². The van der Waals surface area contributed by atoms with E-state index in [1.54, 1.807) is 0 Å². The van der Waals surface area contributed by atoms with Gasteiger partial charge in [0.25, 0.3) is 0 Å². The van der Waals surface area contributed by atoms with Gasteiger partial charge in [0.1, 0.15) is 5.82 Å². The predicted octanol–water partition coefficient (Wildman–Crippen LogP) is 3.05. The van der Waals surface area contributed by atoms with Crippen LogP contribution in [0.3, 0.4) is 0 Å². The van der Waals surface area contributed by atoms with Gasteiger partial charge in [0.15, 0.2) is 0 Å². The van der Waals surface area contributed by atoms with Crippen molar-refractivity contribution in [3.8, 4) is 0 Å². The van der Waals surface area contributed by atoms with Crippen LogP contribution < -0.4 is 10.2 Å². The van der Waals surface area contributed by atoms with Crippen LogP contribution in [0.2, 0.25) is 0 Å². The third kappa shape index (κ3) is 3.81. The molecule has 106 valence electrons. The first-order valence-electron chi connectivity index (χ1n) is 6.97. The highest BCUT2D eigenvalue weighted by Crippen LogP contribution is 2.16. The van der Waals surface area contributed by atoms with Gasteiger partial charge in [-0.2, -0.15) is 0 Å². The molecule has 1 aromatic heterocycles. The summed E-state index contributed by atoms with van der Waals surface area (Å²) in [4.78, 5) is 6.82. The maximum atomic E-state index is 4.63. The summed E-state index contributed by atoms with van der Waals surface area (Å²) < 4.78 is 0. The van der Waals surface area contributed by atoms with Crippen molar-refractivity contribution in [3.05, 3.63) is 58.8 Å². The summed E-state index contributed by atoms with van der Waals surface area (Å²) in [5.74, 6) is 1.02. The fraction of sp³-hybridized carbons (Fsp3) is 0.353. The van der Waals surface area contributed by atoms with Crippen molar-refractivity contribution in [1.82, 2.24) is 10.3 Å². The van der Waals surface area contributed by atoms with Crippen LogP contribution in [0.5, 0.6) is 0 Å². The Morgan fingerprint density at radius 2 is 1.75 bits per heavy atom. The molecular formula is C17H23N3. The standard InChI is InChI=1S/C17H23N3/c1-13-5-7-15(8-6-13)12-20(4)17-10-16(11-18-3)9-14(2)19-17/h5-10,18H,11-12H2,1-4H3. The Hall–Kier alpha value is -1.87. The molecule has 2 rings (SSSR count). The number of aromatic nitrogens is 1. The zero-order valence-corrected chi connectivity index (χ0v) is 12.8. The van der Waals surface area contributed by atoms with Gasteiger partial charge in [0.05, 0.1) is 0 Å². The second-order valence-electron chi connectivity index (χ2n) is 5.35. The predicted molar refractivity (Wildman–Crippen MR) is 85.0 cm³/mol. The van der Waals surface area contributed by atoms with E-state index in [0.29, 0.717) is 0 Å². The summed E-state index contributed by atoms with van der Waals surface area (Å²) in [6, 6.07) is 12.9. The van der Waals surface area contributed by atoms with E-state index in [9.17, 15) is 0 Å². The molecule has 0 bridgehead atoms. The number of hydrogen-bond donors (Lipinski definition) is 1. The van der Waals surface area contributed by atoms with Crippen LogP contribution in [-0.2, 0) is 13.1 Å². The zero-order chi connectivity index (χ0) is 14.5. The van der Waals surface area contributed by atoms with Crippen molar-refractivity contribution in [3.63, 3.8) is 0 Å². The summed E-state index contributed by atoms with van der Waals surface area (Å²) in [6.45, 7) is 5.90. The maximum absolute atomic E-state index is 4.63. The van der Waals surface area contributed by atoms with Gasteiger partial charge in [-0.1, -0.05) is 29.8 Å². The van der Waals surface area contributed by atoms with Gasteiger partial charge in [0, 0.05) is 25.8 Å². The van der Waals surface area contributed by atoms with Gasteiger partial charge in [-0.25, -0.2) is 4.98 Å². The molecule has 0 atom stereocenters. The van der Waals surface area contributed by atoms with E-state index in [1.165, 1.54) is 16.7 Å². The Labute approximate surface area is 121 Å². The van der Waals surface area contributed by atoms with Gasteiger partial charge in [-0.15, -0.1) is 0 Å². The van der Waals surface area contributed by atoms with Crippen molar-refractivity contribution >= 4 is 5.82 Å². The molecule has 20 heavy (non-hydrogen) atoms. The van der Waals surface area contributed by atoms with Crippen molar-refractivity contribution in [2.75, 3.05) is 19.0 Å². The smallest absolute Gasteiger partial charge is 0.129 e. The Kier molecular flexibility index (Phi) is 4.74. The Morgan fingerprint density at radius 3 is 2.40 bits per heavy atom. The molecule has 1 N–H and O–H groups in total. The molecule has 0 aliphatic heterocycles. The molecule has 0 fully saturated rings. The van der Waals surface area contributed by atoms with Crippen molar-refractivity contribution in [2.45, 2.75) is 26.9 Å². The molecule has 0 saturated carbocycles. The van der Waals surface area contributed by atoms with E-state index >= 15 is 0 Å². The van der Waals surface area contributed by atoms with Crippen molar-refractivity contribution in [1.29, 1.82) is 0 Å². The lowest BCUT2D eigenvalue weighted by Crippen LogP contribution is -2.18. The molecule has 0 unspecified atom stereocenters. The summed E-state index contributed by atoms with van der Waals surface area (Å²) in [5, 5.41) is 3.19. The number of nitrogens with one attached hydrogen (secondary N) is 1. The van der Waals surface area contributed by atoms with Crippen molar-refractivity contribution in [2.24, 2.45) is 0 Å². The molecule has 0 amide bonds. The highest BCUT2D eigenvalue weighted by Gasteiger charge is 2.06. The van der Waals surface area contributed by atoms with Crippen LogP contribution in [0.15, 0.2) is 36.4 Å². The fourth-order valence-electron chi connectivity index (χ4n) is 2.27. The van der Waals surface area contributed by atoms with Gasteiger partial charge < -0.3 is 10.2 Å². The Balaban J connectivity index is 2.15. The molecule has 1 aromatic carbocycles. The third-order valence-electron chi connectivity index (χ3n) is 3.31. The average Bonchev–Trinajstić information content (AvgIpc) is 2.41. The quantitative estimate of drug-likeness (QED) is 0.904. The largest absolute Gasteiger partial charge is 0.355 e. The van der Waals surface area contributed by atoms with Crippen LogP contribution in [0.1, 0.15) is 22.4 Å². The molecule has 3 heteroatoms. The normalized spacial score (nSPS) is 10.6. The minimum Gasteiger partial charge on any atom is -0.355 e. The van der Waals surface area contributed by atoms with Crippen LogP contribution in [0.25, 0.3) is 0 Å². The molecule has 0 radical (unpaired) electrons. The zero-order valence-electron chi connectivity index (χ0n) is 12.8. The average molecular weight is 269 g/mol. The monoisotopic (exact) mass is 269 g/mol. The summed E-state index contributed by atoms with van der Waals surface area (Å²) in [7, 11) is 4.05. The number of pyridine rings is 1. The SMILES string of the molecule is CNCc1cc(C)nc(N(C)Cc2ccc(C)cc2)c1. The minimum absolute atomic E-state index is 0.870. The molecule has 0 aliphatic rings. The van der Waals surface area contributed by atoms with E-state index in [1.807, 2.05) is 14.0 Å². The molecule has 1 heterocycles. The fourth-order valence-corrected chi connectivity index (χ4v) is 2.27. The van der Waals surface area contributed by atoms with Crippen LogP contribution >= 0.6 is 0 Å². The number of benzene rings is 1. The third-order valence-corrected chi connectivity index (χ3v) is 3.31. The molecular weight excluding hydrogens is 246 g/mol. The van der Waals surface area contributed by atoms with E-state index in [-0.39, 0.29) is 0 Å². The molecule has 0 aliphatic carbocycles. The maximum Gasteiger partial charge on any atom is 0.129 e. The van der Waals surface area contributed by atoms with Crippen molar-refractivity contribution < 1.29 is 0 Å². The van der Waals surface area contributed by atoms with Gasteiger partial charge in [0.2, 0.25) is 0 Å². The van der Waals surface area contributed by atoms with Crippen LogP contribution in [0, 0.1) is 13.8 Å². The molecule has 2 aromatic rings. The highest BCUT2D eigenvalue weighted by atomic mass is 15.2. The van der Waals surface area contributed by atoms with E-state index in [4.69, 9.17) is 0 Å². The first kappa shape index (κ1) is 14.5. The number of aryl methyl sites for hydroxylation is 2. The molecule has 0 spiro atoms. The first-order chi connectivity index (χ1) is 9.58. The van der Waals surface area contributed by atoms with Gasteiger partial charge >= 0.3 is 0 Å². The van der Waals surface area contributed by atoms with Gasteiger partial charge in [-0.3, -0.25) is 0 Å². The lowest BCUT2D eigenvalue weighted by atomic mass is 10.1. The second-order valence-corrected chi connectivity index (χ2v) is 5.35. The Bertz CT molecular complexity index is 561. The summed E-state index contributed by atoms with van der Waals surface area (Å²) >= 11 is 0. The molecule has 3 nitrogen and oxygen atoms in total.